The number of ketones is 1. The van der Waals surface area contributed by atoms with Gasteiger partial charge in [0.2, 0.25) is 0 Å². The Balaban J connectivity index is 1.34. The van der Waals surface area contributed by atoms with Gasteiger partial charge in [0.25, 0.3) is 15.9 Å². The molecule has 0 radical (unpaired) electrons. The molecule has 2 aliphatic rings. The molecule has 196 valence electrons. The van der Waals surface area contributed by atoms with Crippen molar-refractivity contribution in [2.45, 2.75) is 56.8 Å². The minimum Gasteiger partial charge on any atom is -0.381 e. The van der Waals surface area contributed by atoms with E-state index in [2.05, 4.69) is 18.0 Å². The van der Waals surface area contributed by atoms with Gasteiger partial charge in [-0.15, -0.1) is 15.8 Å². The van der Waals surface area contributed by atoms with Crippen LogP contribution >= 0.6 is 11.3 Å². The van der Waals surface area contributed by atoms with E-state index < -0.39 is 21.8 Å². The molecule has 2 fully saturated rings. The average Bonchev–Trinajstić information content (AvgIpc) is 3.40. The fourth-order valence-corrected chi connectivity index (χ4v) is 6.68. The minimum atomic E-state index is -4.42. The largest absolute Gasteiger partial charge is 0.381 e. The second-order valence-corrected chi connectivity index (χ2v) is 12.3. The number of anilines is 1. The Morgan fingerprint density at radius 3 is 2.47 bits per heavy atom. The van der Waals surface area contributed by atoms with Crippen molar-refractivity contribution in [3.63, 3.8) is 0 Å². The van der Waals surface area contributed by atoms with Crippen LogP contribution in [0.15, 0.2) is 35.4 Å². The molecule has 0 unspecified atom stereocenters. The summed E-state index contributed by atoms with van der Waals surface area (Å²) in [5.41, 5.74) is 0. The number of sulfonamides is 1. The SMILES string of the molecule is CCCCc1ccc(C(=O)C2CCN(c3ccc(S(=O)(=O)N(O)C(=O)C4CCOCC4)cn3)CC2)s1. The van der Waals surface area contributed by atoms with Gasteiger partial charge >= 0.3 is 0 Å². The Morgan fingerprint density at radius 2 is 1.83 bits per heavy atom. The second kappa shape index (κ2) is 11.8. The number of Topliss-reactive ketones (excluding diaryl/α,β-unsaturated/α-hetero) is 1. The maximum Gasteiger partial charge on any atom is 0.290 e. The Morgan fingerprint density at radius 1 is 1.11 bits per heavy atom. The summed E-state index contributed by atoms with van der Waals surface area (Å²) in [7, 11) is -4.42. The van der Waals surface area contributed by atoms with Crippen LogP contribution in [0, 0.1) is 11.8 Å². The van der Waals surface area contributed by atoms with Crippen molar-refractivity contribution in [1.29, 1.82) is 0 Å². The van der Waals surface area contributed by atoms with Gasteiger partial charge in [0.1, 0.15) is 10.7 Å². The highest BCUT2D eigenvalue weighted by Crippen LogP contribution is 2.29. The van der Waals surface area contributed by atoms with Gasteiger partial charge in [0, 0.05) is 49.2 Å². The number of carbonyl (C=O) groups is 2. The molecule has 2 aliphatic heterocycles. The molecule has 2 saturated heterocycles. The summed E-state index contributed by atoms with van der Waals surface area (Å²) in [6.07, 6.45) is 6.57. The average molecular weight is 536 g/mol. The lowest BCUT2D eigenvalue weighted by atomic mass is 9.92. The van der Waals surface area contributed by atoms with Gasteiger partial charge in [0.05, 0.1) is 4.88 Å². The third kappa shape index (κ3) is 5.96. The van der Waals surface area contributed by atoms with Crippen molar-refractivity contribution in [3.05, 3.63) is 40.2 Å². The number of unbranched alkanes of at least 4 members (excludes halogenated alkanes) is 1. The van der Waals surface area contributed by atoms with Crippen LogP contribution in [0.4, 0.5) is 5.82 Å². The quantitative estimate of drug-likeness (QED) is 0.292. The van der Waals surface area contributed by atoms with Crippen LogP contribution in [-0.2, 0) is 26.0 Å². The highest BCUT2D eigenvalue weighted by Gasteiger charge is 2.34. The standard InChI is InChI=1S/C25H33N3O6S2/c1-2-3-4-20-5-7-22(35-20)24(29)18-9-13-27(14-10-18)23-8-6-21(17-26-23)36(32,33)28(31)25(30)19-11-15-34-16-12-19/h5-8,17-19,31H,2-4,9-16H2,1H3. The van der Waals surface area contributed by atoms with E-state index in [0.717, 1.165) is 30.3 Å². The number of carbonyl (C=O) groups excluding carboxylic acids is 2. The summed E-state index contributed by atoms with van der Waals surface area (Å²) in [5, 5.41) is 10.2. The Labute approximate surface area is 216 Å². The molecule has 0 atom stereocenters. The van der Waals surface area contributed by atoms with Gasteiger partial charge in [-0.05, 0) is 62.8 Å². The topological polar surface area (TPSA) is 117 Å². The lowest BCUT2D eigenvalue weighted by Gasteiger charge is -2.32. The smallest absolute Gasteiger partial charge is 0.290 e. The van der Waals surface area contributed by atoms with E-state index in [9.17, 15) is 23.2 Å². The predicted octanol–water partition coefficient (Wildman–Crippen LogP) is 3.92. The van der Waals surface area contributed by atoms with E-state index >= 15 is 0 Å². The van der Waals surface area contributed by atoms with Gasteiger partial charge in [-0.25, -0.2) is 4.98 Å². The van der Waals surface area contributed by atoms with Gasteiger partial charge in [-0.2, -0.15) is 8.42 Å². The third-order valence-electron chi connectivity index (χ3n) is 6.88. The van der Waals surface area contributed by atoms with Crippen LogP contribution in [0.1, 0.15) is 60.0 Å². The number of rotatable bonds is 9. The van der Waals surface area contributed by atoms with Crippen molar-refractivity contribution < 1.29 is 28.0 Å². The second-order valence-electron chi connectivity index (χ2n) is 9.32. The monoisotopic (exact) mass is 535 g/mol. The molecule has 4 rings (SSSR count). The molecule has 0 aromatic carbocycles. The fourth-order valence-electron chi connectivity index (χ4n) is 4.60. The zero-order valence-electron chi connectivity index (χ0n) is 20.5. The van der Waals surface area contributed by atoms with Crippen LogP contribution < -0.4 is 4.90 Å². The normalized spacial score (nSPS) is 17.8. The van der Waals surface area contributed by atoms with Crippen LogP contribution in [0.3, 0.4) is 0 Å². The fraction of sp³-hybridized carbons (Fsp3) is 0.560. The molecule has 9 nitrogen and oxygen atoms in total. The number of piperidine rings is 1. The Hall–Kier alpha value is -2.34. The first kappa shape index (κ1) is 26.7. The van der Waals surface area contributed by atoms with Crippen molar-refractivity contribution >= 4 is 38.9 Å². The minimum absolute atomic E-state index is 0.0299. The number of hydrogen-bond acceptors (Lipinski definition) is 9. The zero-order chi connectivity index (χ0) is 25.7. The van der Waals surface area contributed by atoms with E-state index in [4.69, 9.17) is 4.74 Å². The highest BCUT2D eigenvalue weighted by atomic mass is 32.2. The first-order valence-electron chi connectivity index (χ1n) is 12.5. The number of amides is 1. The summed E-state index contributed by atoms with van der Waals surface area (Å²) in [6.45, 7) is 4.15. The van der Waals surface area contributed by atoms with Crippen LogP contribution in [0.2, 0.25) is 0 Å². The Kier molecular flexibility index (Phi) is 8.76. The maximum absolute atomic E-state index is 13.0. The van der Waals surface area contributed by atoms with E-state index in [1.165, 1.54) is 10.9 Å². The van der Waals surface area contributed by atoms with Crippen LogP contribution in [0.5, 0.6) is 0 Å². The molecule has 0 spiro atoms. The molecule has 11 heteroatoms. The van der Waals surface area contributed by atoms with Gasteiger partial charge in [-0.3, -0.25) is 14.8 Å². The molecule has 4 heterocycles. The lowest BCUT2D eigenvalue weighted by molar-refractivity contribution is -0.153. The Bertz CT molecular complexity index is 1150. The molecule has 2 aromatic heterocycles. The van der Waals surface area contributed by atoms with Crippen LogP contribution in [-0.4, -0.2) is 61.1 Å². The molecule has 36 heavy (non-hydrogen) atoms. The number of aromatic nitrogens is 1. The van der Waals surface area contributed by atoms with E-state index in [1.54, 1.807) is 17.4 Å². The van der Waals surface area contributed by atoms with Crippen molar-refractivity contribution in [2.24, 2.45) is 11.8 Å². The first-order chi connectivity index (χ1) is 17.3. The number of aryl methyl sites for hydroxylation is 1. The van der Waals surface area contributed by atoms with Gasteiger partial charge in [0.15, 0.2) is 5.78 Å². The van der Waals surface area contributed by atoms with E-state index in [1.807, 2.05) is 11.0 Å². The van der Waals surface area contributed by atoms with E-state index in [0.29, 0.717) is 57.8 Å². The molecule has 1 amide bonds. The van der Waals surface area contributed by atoms with Crippen molar-refractivity contribution in [2.75, 3.05) is 31.2 Å². The first-order valence-corrected chi connectivity index (χ1v) is 14.8. The molecular formula is C25H33N3O6S2. The molecule has 1 N–H and O–H groups in total. The molecule has 2 aromatic rings. The summed E-state index contributed by atoms with van der Waals surface area (Å²) in [5.74, 6) is -0.672. The number of hydroxylamine groups is 1. The number of pyridine rings is 1. The van der Waals surface area contributed by atoms with Crippen molar-refractivity contribution in [3.8, 4) is 0 Å². The summed E-state index contributed by atoms with van der Waals surface area (Å²) in [4.78, 5) is 33.5. The van der Waals surface area contributed by atoms with E-state index in [-0.39, 0.29) is 21.1 Å². The highest BCUT2D eigenvalue weighted by molar-refractivity contribution is 7.89. The number of thiophene rings is 1. The molecule has 0 bridgehead atoms. The van der Waals surface area contributed by atoms with Crippen molar-refractivity contribution in [1.82, 2.24) is 9.45 Å². The molecular weight excluding hydrogens is 502 g/mol. The maximum atomic E-state index is 13.0. The predicted molar refractivity (Wildman–Crippen MR) is 136 cm³/mol. The summed E-state index contributed by atoms with van der Waals surface area (Å²) in [6, 6.07) is 6.93. The number of ether oxygens (including phenoxy) is 1. The lowest BCUT2D eigenvalue weighted by Crippen LogP contribution is -2.40. The van der Waals surface area contributed by atoms with Crippen LogP contribution in [0.25, 0.3) is 0 Å². The molecule has 0 saturated carbocycles. The zero-order valence-corrected chi connectivity index (χ0v) is 22.1. The van der Waals surface area contributed by atoms with Gasteiger partial charge in [-0.1, -0.05) is 13.3 Å². The summed E-state index contributed by atoms with van der Waals surface area (Å²) < 4.78 is 30.5. The third-order valence-corrected chi connectivity index (χ3v) is 9.51. The summed E-state index contributed by atoms with van der Waals surface area (Å²) >= 11 is 1.60. The number of nitrogens with zero attached hydrogens (tertiary/aromatic N) is 3. The van der Waals surface area contributed by atoms with Gasteiger partial charge < -0.3 is 9.64 Å². The molecule has 0 aliphatic carbocycles. The number of hydrogen-bond donors (Lipinski definition) is 1.